The standard InChI is InChI=1S/C12H18N4OS/c1-3-5-6-8-13-9-10(14-8)16(7-4-2)12(17)15-11(9)18/h3-7H2,1-2H3,(H,13,14)(H,15,17,18). The Morgan fingerprint density at radius 3 is 2.72 bits per heavy atom. The molecule has 2 N–H and O–H groups in total. The van der Waals surface area contributed by atoms with Crippen LogP contribution in [0.25, 0.3) is 11.2 Å². The summed E-state index contributed by atoms with van der Waals surface area (Å²) in [4.78, 5) is 22.3. The van der Waals surface area contributed by atoms with E-state index in [0.717, 1.165) is 37.0 Å². The zero-order chi connectivity index (χ0) is 13.1. The minimum atomic E-state index is -0.178. The summed E-state index contributed by atoms with van der Waals surface area (Å²) in [6.07, 6.45) is 3.97. The van der Waals surface area contributed by atoms with Gasteiger partial charge in [0.1, 0.15) is 16.0 Å². The van der Waals surface area contributed by atoms with Crippen molar-refractivity contribution in [2.45, 2.75) is 46.1 Å². The Balaban J connectivity index is 2.58. The van der Waals surface area contributed by atoms with Crippen molar-refractivity contribution in [1.29, 1.82) is 0 Å². The number of rotatable bonds is 5. The van der Waals surface area contributed by atoms with Gasteiger partial charge in [0.05, 0.1) is 0 Å². The monoisotopic (exact) mass is 266 g/mol. The maximum atomic E-state index is 11.9. The van der Waals surface area contributed by atoms with Crippen molar-refractivity contribution in [3.05, 3.63) is 20.9 Å². The second kappa shape index (κ2) is 5.48. The number of nitrogens with one attached hydrogen (secondary N) is 2. The highest BCUT2D eigenvalue weighted by atomic mass is 32.1. The van der Waals surface area contributed by atoms with E-state index < -0.39 is 0 Å². The van der Waals surface area contributed by atoms with E-state index in [9.17, 15) is 4.79 Å². The van der Waals surface area contributed by atoms with Gasteiger partial charge < -0.3 is 4.98 Å². The van der Waals surface area contributed by atoms with Crippen molar-refractivity contribution < 1.29 is 0 Å². The van der Waals surface area contributed by atoms with Crippen molar-refractivity contribution in [3.8, 4) is 0 Å². The molecule has 0 saturated heterocycles. The van der Waals surface area contributed by atoms with Crippen molar-refractivity contribution in [1.82, 2.24) is 19.5 Å². The molecule has 98 valence electrons. The smallest absolute Gasteiger partial charge is 0.328 e. The van der Waals surface area contributed by atoms with Crippen LogP contribution in [0, 0.1) is 4.64 Å². The number of imidazole rings is 1. The molecule has 0 aliphatic rings. The molecule has 0 amide bonds. The number of aryl methyl sites for hydroxylation is 2. The summed E-state index contributed by atoms with van der Waals surface area (Å²) in [6, 6.07) is 0. The average Bonchev–Trinajstić information content (AvgIpc) is 2.76. The quantitative estimate of drug-likeness (QED) is 0.817. The largest absolute Gasteiger partial charge is 0.338 e. The van der Waals surface area contributed by atoms with Crippen LogP contribution >= 0.6 is 12.2 Å². The van der Waals surface area contributed by atoms with E-state index in [-0.39, 0.29) is 5.69 Å². The summed E-state index contributed by atoms with van der Waals surface area (Å²) in [5, 5.41) is 0. The van der Waals surface area contributed by atoms with E-state index in [2.05, 4.69) is 21.9 Å². The molecule has 0 fully saturated rings. The maximum Gasteiger partial charge on any atom is 0.328 e. The molecule has 0 atom stereocenters. The molecular formula is C12H18N4OS. The number of H-pyrrole nitrogens is 2. The van der Waals surface area contributed by atoms with Gasteiger partial charge in [-0.1, -0.05) is 32.5 Å². The average molecular weight is 266 g/mol. The fourth-order valence-electron chi connectivity index (χ4n) is 1.98. The molecule has 0 spiro atoms. The van der Waals surface area contributed by atoms with Crippen LogP contribution in [0.1, 0.15) is 38.9 Å². The summed E-state index contributed by atoms with van der Waals surface area (Å²) in [5.41, 5.74) is 1.27. The molecule has 2 aromatic rings. The normalized spacial score (nSPS) is 11.2. The molecule has 2 rings (SSSR count). The van der Waals surface area contributed by atoms with Crippen molar-refractivity contribution in [2.75, 3.05) is 0 Å². The lowest BCUT2D eigenvalue weighted by molar-refractivity contribution is 0.653. The number of nitrogens with zero attached hydrogens (tertiary/aromatic N) is 2. The highest BCUT2D eigenvalue weighted by Crippen LogP contribution is 2.12. The number of hydrogen-bond donors (Lipinski definition) is 2. The summed E-state index contributed by atoms with van der Waals surface area (Å²) in [5.74, 6) is 0.904. The number of aromatic nitrogens is 4. The number of unbranched alkanes of at least 4 members (excludes halogenated alkanes) is 1. The number of aromatic amines is 2. The van der Waals surface area contributed by atoms with Crippen LogP contribution in [0.3, 0.4) is 0 Å². The van der Waals surface area contributed by atoms with Crippen LogP contribution in [0.15, 0.2) is 4.79 Å². The Labute approximate surface area is 110 Å². The first-order valence-corrected chi connectivity index (χ1v) is 6.79. The Kier molecular flexibility index (Phi) is 3.96. The molecule has 0 unspecified atom stereocenters. The van der Waals surface area contributed by atoms with Gasteiger partial charge >= 0.3 is 5.69 Å². The molecular weight excluding hydrogens is 248 g/mol. The van der Waals surface area contributed by atoms with E-state index in [1.54, 1.807) is 4.57 Å². The van der Waals surface area contributed by atoms with Crippen LogP contribution < -0.4 is 5.69 Å². The Morgan fingerprint density at radius 2 is 2.06 bits per heavy atom. The SMILES string of the molecule is CCCCc1nc2c([nH]1)c(=S)[nH]c(=O)n2CCC. The first-order valence-electron chi connectivity index (χ1n) is 6.39. The van der Waals surface area contributed by atoms with Crippen LogP contribution in [-0.2, 0) is 13.0 Å². The molecule has 0 bridgehead atoms. The van der Waals surface area contributed by atoms with E-state index in [0.29, 0.717) is 16.8 Å². The predicted octanol–water partition coefficient (Wildman–Crippen LogP) is 2.53. The maximum absolute atomic E-state index is 11.9. The van der Waals surface area contributed by atoms with E-state index in [1.807, 2.05) is 6.92 Å². The van der Waals surface area contributed by atoms with Gasteiger partial charge in [-0.05, 0) is 12.8 Å². The lowest BCUT2D eigenvalue weighted by Gasteiger charge is -2.03. The van der Waals surface area contributed by atoms with E-state index >= 15 is 0 Å². The molecule has 0 radical (unpaired) electrons. The van der Waals surface area contributed by atoms with Gasteiger partial charge in [-0.3, -0.25) is 9.55 Å². The summed E-state index contributed by atoms with van der Waals surface area (Å²) in [6.45, 7) is 4.83. The minimum Gasteiger partial charge on any atom is -0.338 e. The lowest BCUT2D eigenvalue weighted by atomic mass is 10.2. The zero-order valence-electron chi connectivity index (χ0n) is 10.7. The number of fused-ring (bicyclic) bond motifs is 1. The Bertz CT molecular complexity index is 652. The second-order valence-electron chi connectivity index (χ2n) is 4.40. The van der Waals surface area contributed by atoms with Gasteiger partial charge in [0.15, 0.2) is 5.65 Å². The molecule has 0 aromatic carbocycles. The third-order valence-electron chi connectivity index (χ3n) is 2.90. The first-order chi connectivity index (χ1) is 8.67. The van der Waals surface area contributed by atoms with Gasteiger partial charge in [-0.25, -0.2) is 9.78 Å². The Hall–Kier alpha value is -1.43. The molecule has 2 aromatic heterocycles. The Morgan fingerprint density at radius 1 is 1.28 bits per heavy atom. The third-order valence-corrected chi connectivity index (χ3v) is 3.20. The van der Waals surface area contributed by atoms with Gasteiger partial charge in [-0.15, -0.1) is 0 Å². The fraction of sp³-hybridized carbons (Fsp3) is 0.583. The summed E-state index contributed by atoms with van der Waals surface area (Å²) in [7, 11) is 0. The van der Waals surface area contributed by atoms with Gasteiger partial charge in [0.2, 0.25) is 0 Å². The zero-order valence-corrected chi connectivity index (χ0v) is 11.6. The van der Waals surface area contributed by atoms with Crippen LogP contribution in [-0.4, -0.2) is 19.5 Å². The highest BCUT2D eigenvalue weighted by molar-refractivity contribution is 7.71. The lowest BCUT2D eigenvalue weighted by Crippen LogP contribution is -2.23. The third kappa shape index (κ3) is 2.38. The predicted molar refractivity (Wildman–Crippen MR) is 74.4 cm³/mol. The molecule has 5 nitrogen and oxygen atoms in total. The van der Waals surface area contributed by atoms with Gasteiger partial charge in [0.25, 0.3) is 0 Å². The van der Waals surface area contributed by atoms with Crippen LogP contribution in [0.2, 0.25) is 0 Å². The van der Waals surface area contributed by atoms with E-state index in [1.165, 1.54) is 0 Å². The van der Waals surface area contributed by atoms with Crippen molar-refractivity contribution in [3.63, 3.8) is 0 Å². The molecule has 18 heavy (non-hydrogen) atoms. The second-order valence-corrected chi connectivity index (χ2v) is 4.80. The fourth-order valence-corrected chi connectivity index (χ4v) is 2.21. The molecule has 6 heteroatoms. The molecule has 0 aliphatic carbocycles. The number of hydrogen-bond acceptors (Lipinski definition) is 3. The molecule has 0 saturated carbocycles. The van der Waals surface area contributed by atoms with Crippen LogP contribution in [0.4, 0.5) is 0 Å². The molecule has 2 heterocycles. The van der Waals surface area contributed by atoms with E-state index in [4.69, 9.17) is 12.2 Å². The van der Waals surface area contributed by atoms with Crippen molar-refractivity contribution >= 4 is 23.4 Å². The first kappa shape index (κ1) is 13.0. The van der Waals surface area contributed by atoms with Gasteiger partial charge in [0, 0.05) is 13.0 Å². The highest BCUT2D eigenvalue weighted by Gasteiger charge is 2.10. The summed E-state index contributed by atoms with van der Waals surface area (Å²) >= 11 is 5.17. The van der Waals surface area contributed by atoms with Crippen molar-refractivity contribution in [2.24, 2.45) is 0 Å². The topological polar surface area (TPSA) is 66.5 Å². The van der Waals surface area contributed by atoms with Crippen LogP contribution in [0.5, 0.6) is 0 Å². The minimum absolute atomic E-state index is 0.178. The van der Waals surface area contributed by atoms with Gasteiger partial charge in [-0.2, -0.15) is 0 Å². The molecule has 0 aliphatic heterocycles. The summed E-state index contributed by atoms with van der Waals surface area (Å²) < 4.78 is 2.09.